The van der Waals surface area contributed by atoms with E-state index < -0.39 is 0 Å². The number of aromatic nitrogens is 1. The van der Waals surface area contributed by atoms with Crippen molar-refractivity contribution in [3.05, 3.63) is 119 Å². The van der Waals surface area contributed by atoms with Gasteiger partial charge < -0.3 is 14.8 Å². The van der Waals surface area contributed by atoms with Gasteiger partial charge in [-0.15, -0.1) is 0 Å². The SMILES string of the molecule is CCc1ccc([C@H]2c3cccn3-c3ccccc3CN2C(=O)Nc2ccccc2Cl)cc1. The summed E-state index contributed by atoms with van der Waals surface area (Å²) in [4.78, 5) is 15.6. The molecule has 160 valence electrons. The molecule has 0 spiro atoms. The minimum atomic E-state index is -0.245. The maximum absolute atomic E-state index is 13.7. The van der Waals surface area contributed by atoms with Gasteiger partial charge in [-0.1, -0.05) is 73.1 Å². The lowest BCUT2D eigenvalue weighted by Gasteiger charge is -2.31. The van der Waals surface area contributed by atoms with Gasteiger partial charge in [0.25, 0.3) is 0 Å². The minimum absolute atomic E-state index is 0.188. The Balaban J connectivity index is 1.63. The number of aryl methyl sites for hydroxylation is 1. The second-order valence-corrected chi connectivity index (χ2v) is 8.37. The summed E-state index contributed by atoms with van der Waals surface area (Å²) in [5.41, 5.74) is 6.18. The molecular formula is C27H24ClN3O. The van der Waals surface area contributed by atoms with Gasteiger partial charge in [-0.25, -0.2) is 4.79 Å². The fourth-order valence-electron chi connectivity index (χ4n) is 4.38. The molecular weight excluding hydrogens is 418 g/mol. The summed E-state index contributed by atoms with van der Waals surface area (Å²) in [5.74, 6) is 0. The maximum Gasteiger partial charge on any atom is 0.323 e. The van der Waals surface area contributed by atoms with E-state index in [2.05, 4.69) is 65.5 Å². The van der Waals surface area contributed by atoms with Crippen molar-refractivity contribution in [2.45, 2.75) is 25.9 Å². The first-order chi connectivity index (χ1) is 15.7. The first kappa shape index (κ1) is 20.4. The Morgan fingerprint density at radius 1 is 0.969 bits per heavy atom. The number of para-hydroxylation sites is 2. The number of carbonyl (C=O) groups is 1. The number of urea groups is 1. The lowest BCUT2D eigenvalue weighted by Crippen LogP contribution is -2.38. The summed E-state index contributed by atoms with van der Waals surface area (Å²) in [7, 11) is 0. The van der Waals surface area contributed by atoms with Crippen LogP contribution in [0.25, 0.3) is 5.69 Å². The van der Waals surface area contributed by atoms with Gasteiger partial charge in [0.1, 0.15) is 0 Å². The molecule has 0 fully saturated rings. The lowest BCUT2D eigenvalue weighted by molar-refractivity contribution is 0.194. The highest BCUT2D eigenvalue weighted by Gasteiger charge is 2.33. The smallest absolute Gasteiger partial charge is 0.318 e. The van der Waals surface area contributed by atoms with Gasteiger partial charge in [-0.05, 0) is 53.4 Å². The van der Waals surface area contributed by atoms with Gasteiger partial charge in [-0.3, -0.25) is 0 Å². The van der Waals surface area contributed by atoms with E-state index in [0.29, 0.717) is 17.3 Å². The molecule has 3 aromatic carbocycles. The largest absolute Gasteiger partial charge is 0.323 e. The Hall–Kier alpha value is -3.50. The molecule has 2 amide bonds. The number of hydrogen-bond acceptors (Lipinski definition) is 1. The average molecular weight is 442 g/mol. The molecule has 5 rings (SSSR count). The maximum atomic E-state index is 13.7. The summed E-state index contributed by atoms with van der Waals surface area (Å²) >= 11 is 6.33. The Morgan fingerprint density at radius 2 is 1.72 bits per heavy atom. The van der Waals surface area contributed by atoms with E-state index in [1.165, 1.54) is 5.56 Å². The molecule has 1 N–H and O–H groups in total. The first-order valence-electron chi connectivity index (χ1n) is 10.8. The van der Waals surface area contributed by atoms with Crippen LogP contribution in [0.3, 0.4) is 0 Å². The molecule has 1 atom stereocenters. The fraction of sp³-hybridized carbons (Fsp3) is 0.148. The van der Waals surface area contributed by atoms with E-state index in [0.717, 1.165) is 28.9 Å². The monoisotopic (exact) mass is 441 g/mol. The molecule has 0 saturated heterocycles. The number of fused-ring (bicyclic) bond motifs is 3. The van der Waals surface area contributed by atoms with Crippen LogP contribution in [0.2, 0.25) is 5.02 Å². The predicted molar refractivity (Wildman–Crippen MR) is 129 cm³/mol. The second kappa shape index (κ2) is 8.56. The van der Waals surface area contributed by atoms with E-state index in [-0.39, 0.29) is 12.1 Å². The molecule has 1 aliphatic heterocycles. The van der Waals surface area contributed by atoms with Crippen LogP contribution in [0, 0.1) is 0 Å². The molecule has 32 heavy (non-hydrogen) atoms. The molecule has 1 aliphatic rings. The van der Waals surface area contributed by atoms with Crippen molar-refractivity contribution < 1.29 is 4.79 Å². The number of rotatable bonds is 3. The van der Waals surface area contributed by atoms with Crippen molar-refractivity contribution in [3.63, 3.8) is 0 Å². The minimum Gasteiger partial charge on any atom is -0.318 e. The number of nitrogens with zero attached hydrogens (tertiary/aromatic N) is 2. The van der Waals surface area contributed by atoms with E-state index in [4.69, 9.17) is 11.6 Å². The Bertz CT molecular complexity index is 1260. The van der Waals surface area contributed by atoms with E-state index in [9.17, 15) is 4.79 Å². The Kier molecular flexibility index (Phi) is 5.46. The van der Waals surface area contributed by atoms with Crippen LogP contribution in [0.15, 0.2) is 91.1 Å². The van der Waals surface area contributed by atoms with Crippen LogP contribution in [0.4, 0.5) is 10.5 Å². The van der Waals surface area contributed by atoms with Gasteiger partial charge in [0, 0.05) is 11.9 Å². The zero-order chi connectivity index (χ0) is 22.1. The van der Waals surface area contributed by atoms with Gasteiger partial charge in [-0.2, -0.15) is 0 Å². The molecule has 4 aromatic rings. The molecule has 0 bridgehead atoms. The molecule has 0 radical (unpaired) electrons. The summed E-state index contributed by atoms with van der Waals surface area (Å²) in [5, 5.41) is 3.55. The second-order valence-electron chi connectivity index (χ2n) is 7.97. The van der Waals surface area contributed by atoms with Crippen LogP contribution in [-0.2, 0) is 13.0 Å². The van der Waals surface area contributed by atoms with Crippen molar-refractivity contribution in [3.8, 4) is 5.69 Å². The fourth-order valence-corrected chi connectivity index (χ4v) is 4.56. The highest BCUT2D eigenvalue weighted by molar-refractivity contribution is 6.33. The molecule has 1 aromatic heterocycles. The van der Waals surface area contributed by atoms with Crippen LogP contribution in [0.5, 0.6) is 0 Å². The van der Waals surface area contributed by atoms with E-state index >= 15 is 0 Å². The molecule has 0 unspecified atom stereocenters. The van der Waals surface area contributed by atoms with Crippen molar-refractivity contribution in [1.29, 1.82) is 0 Å². The molecule has 2 heterocycles. The first-order valence-corrected chi connectivity index (χ1v) is 11.2. The zero-order valence-corrected chi connectivity index (χ0v) is 18.6. The van der Waals surface area contributed by atoms with Crippen molar-refractivity contribution in [2.75, 3.05) is 5.32 Å². The molecule has 0 aliphatic carbocycles. The molecule has 0 saturated carbocycles. The number of amides is 2. The van der Waals surface area contributed by atoms with E-state index in [1.807, 2.05) is 41.3 Å². The Morgan fingerprint density at radius 3 is 2.50 bits per heavy atom. The van der Waals surface area contributed by atoms with Crippen LogP contribution >= 0.6 is 11.6 Å². The normalized spacial score (nSPS) is 14.9. The number of halogens is 1. The van der Waals surface area contributed by atoms with Gasteiger partial charge in [0.05, 0.1) is 29.0 Å². The summed E-state index contributed by atoms with van der Waals surface area (Å²) in [6.45, 7) is 2.63. The summed E-state index contributed by atoms with van der Waals surface area (Å²) in [6.07, 6.45) is 3.04. The number of nitrogens with one attached hydrogen (secondary N) is 1. The van der Waals surface area contributed by atoms with Gasteiger partial charge >= 0.3 is 6.03 Å². The highest BCUT2D eigenvalue weighted by atomic mass is 35.5. The number of anilines is 1. The van der Waals surface area contributed by atoms with Crippen LogP contribution in [-0.4, -0.2) is 15.5 Å². The quantitative estimate of drug-likeness (QED) is 0.371. The summed E-state index contributed by atoms with van der Waals surface area (Å²) in [6, 6.07) is 27.8. The predicted octanol–water partition coefficient (Wildman–Crippen LogP) is 6.83. The number of hydrogen-bond donors (Lipinski definition) is 1. The highest BCUT2D eigenvalue weighted by Crippen LogP contribution is 2.37. The standard InChI is InChI=1S/C27H24ClN3O/c1-2-19-13-15-20(16-14-19)26-25-12-7-17-30(25)24-11-6-3-8-21(24)18-31(26)27(32)29-23-10-5-4-9-22(23)28/h3-17,26H,2,18H2,1H3,(H,29,32)/t26-/m0/s1. The Labute approximate surface area is 193 Å². The third-order valence-corrected chi connectivity index (χ3v) is 6.37. The zero-order valence-electron chi connectivity index (χ0n) is 17.8. The van der Waals surface area contributed by atoms with E-state index in [1.54, 1.807) is 6.07 Å². The average Bonchev–Trinajstić information content (AvgIpc) is 3.25. The number of carbonyl (C=O) groups excluding carboxylic acids is 1. The van der Waals surface area contributed by atoms with Crippen molar-refractivity contribution in [2.24, 2.45) is 0 Å². The third kappa shape index (κ3) is 3.67. The lowest BCUT2D eigenvalue weighted by atomic mass is 10.00. The van der Waals surface area contributed by atoms with Crippen molar-refractivity contribution >= 4 is 23.3 Å². The number of benzene rings is 3. The topological polar surface area (TPSA) is 37.3 Å². The van der Waals surface area contributed by atoms with Crippen LogP contribution in [0.1, 0.15) is 35.3 Å². The summed E-state index contributed by atoms with van der Waals surface area (Å²) < 4.78 is 2.19. The van der Waals surface area contributed by atoms with Gasteiger partial charge in [0.2, 0.25) is 0 Å². The molecule has 5 heteroatoms. The van der Waals surface area contributed by atoms with Gasteiger partial charge in [0.15, 0.2) is 0 Å². The van der Waals surface area contributed by atoms with Crippen molar-refractivity contribution in [1.82, 2.24) is 9.47 Å². The third-order valence-electron chi connectivity index (χ3n) is 6.04. The molecule has 4 nitrogen and oxygen atoms in total. The van der Waals surface area contributed by atoms with Crippen LogP contribution < -0.4 is 5.32 Å².